The van der Waals surface area contributed by atoms with Gasteiger partial charge in [0.1, 0.15) is 5.75 Å². The molecule has 0 aliphatic heterocycles. The fourth-order valence-corrected chi connectivity index (χ4v) is 2.03. The van der Waals surface area contributed by atoms with E-state index in [4.69, 9.17) is 9.47 Å². The van der Waals surface area contributed by atoms with Crippen LogP contribution in [0.4, 0.5) is 5.69 Å². The monoisotopic (exact) mass is 301 g/mol. The van der Waals surface area contributed by atoms with Crippen molar-refractivity contribution >= 4 is 21.6 Å². The van der Waals surface area contributed by atoms with E-state index in [1.54, 1.807) is 14.2 Å². The summed E-state index contributed by atoms with van der Waals surface area (Å²) in [6.45, 7) is 5.03. The number of halogens is 1. The minimum atomic E-state index is 0.291. The van der Waals surface area contributed by atoms with E-state index in [9.17, 15) is 0 Å². The number of anilines is 1. The Morgan fingerprint density at radius 1 is 1.24 bits per heavy atom. The summed E-state index contributed by atoms with van der Waals surface area (Å²) in [5, 5.41) is 3.46. The minimum absolute atomic E-state index is 0.291. The van der Waals surface area contributed by atoms with Crippen LogP contribution >= 0.6 is 15.9 Å². The second-order valence-corrected chi connectivity index (χ2v) is 5.25. The molecule has 0 amide bonds. The van der Waals surface area contributed by atoms with Crippen molar-refractivity contribution < 1.29 is 9.47 Å². The highest BCUT2D eigenvalue weighted by Gasteiger charge is 2.13. The normalized spacial score (nSPS) is 12.6. The number of methoxy groups -OCH3 is 2. The summed E-state index contributed by atoms with van der Waals surface area (Å²) < 4.78 is 11.5. The molecule has 96 valence electrons. The highest BCUT2D eigenvalue weighted by Crippen LogP contribution is 2.25. The summed E-state index contributed by atoms with van der Waals surface area (Å²) in [6.07, 6.45) is 0. The van der Waals surface area contributed by atoms with Crippen LogP contribution in [-0.2, 0) is 4.74 Å². The molecule has 0 spiro atoms. The number of rotatable bonds is 6. The molecule has 1 N–H and O–H groups in total. The van der Waals surface area contributed by atoms with Gasteiger partial charge in [0.25, 0.3) is 0 Å². The van der Waals surface area contributed by atoms with E-state index in [-0.39, 0.29) is 0 Å². The van der Waals surface area contributed by atoms with Gasteiger partial charge in [0.2, 0.25) is 0 Å². The standard InChI is InChI=1S/C13H20BrNO2/c1-9(2)13(8-16-3)15-11-5-10(14)6-12(7-11)17-4/h5-7,9,13,15H,8H2,1-4H3. The summed E-state index contributed by atoms with van der Waals surface area (Å²) >= 11 is 3.47. The van der Waals surface area contributed by atoms with Crippen molar-refractivity contribution in [2.24, 2.45) is 5.92 Å². The van der Waals surface area contributed by atoms with Crippen molar-refractivity contribution in [1.82, 2.24) is 0 Å². The Balaban J connectivity index is 2.81. The fraction of sp³-hybridized carbons (Fsp3) is 0.538. The van der Waals surface area contributed by atoms with Gasteiger partial charge in [0.05, 0.1) is 19.8 Å². The molecule has 0 aromatic heterocycles. The van der Waals surface area contributed by atoms with Gasteiger partial charge in [0.15, 0.2) is 0 Å². The number of ether oxygens (including phenoxy) is 2. The van der Waals surface area contributed by atoms with E-state index in [2.05, 4.69) is 35.1 Å². The molecule has 0 fully saturated rings. The van der Waals surface area contributed by atoms with Gasteiger partial charge in [-0.25, -0.2) is 0 Å². The van der Waals surface area contributed by atoms with Crippen molar-refractivity contribution in [3.8, 4) is 5.75 Å². The first-order chi connectivity index (χ1) is 8.06. The molecule has 17 heavy (non-hydrogen) atoms. The Morgan fingerprint density at radius 2 is 1.94 bits per heavy atom. The summed E-state index contributed by atoms with van der Waals surface area (Å²) in [7, 11) is 3.39. The van der Waals surface area contributed by atoms with Crippen molar-refractivity contribution in [2.45, 2.75) is 19.9 Å². The molecular weight excluding hydrogens is 282 g/mol. The van der Waals surface area contributed by atoms with Gasteiger partial charge in [-0.15, -0.1) is 0 Å². The number of benzene rings is 1. The molecule has 1 atom stereocenters. The Morgan fingerprint density at radius 3 is 2.47 bits per heavy atom. The Hall–Kier alpha value is -0.740. The summed E-state index contributed by atoms with van der Waals surface area (Å²) in [5.74, 6) is 1.33. The highest BCUT2D eigenvalue weighted by molar-refractivity contribution is 9.10. The highest BCUT2D eigenvalue weighted by atomic mass is 79.9. The molecule has 0 heterocycles. The van der Waals surface area contributed by atoms with Crippen LogP contribution in [-0.4, -0.2) is 26.9 Å². The van der Waals surface area contributed by atoms with E-state index in [1.165, 1.54) is 0 Å². The van der Waals surface area contributed by atoms with E-state index < -0.39 is 0 Å². The maximum Gasteiger partial charge on any atom is 0.122 e. The number of hydrogen-bond donors (Lipinski definition) is 1. The lowest BCUT2D eigenvalue weighted by molar-refractivity contribution is 0.171. The summed E-state index contributed by atoms with van der Waals surface area (Å²) in [6, 6.07) is 6.24. The third-order valence-electron chi connectivity index (χ3n) is 2.61. The van der Waals surface area contributed by atoms with Crippen LogP contribution in [0.25, 0.3) is 0 Å². The SMILES string of the molecule is COCC(Nc1cc(Br)cc(OC)c1)C(C)C. The second kappa shape index (κ2) is 6.87. The molecule has 1 rings (SSSR count). The molecule has 1 aromatic carbocycles. The third-order valence-corrected chi connectivity index (χ3v) is 3.07. The van der Waals surface area contributed by atoms with Crippen LogP contribution in [0.3, 0.4) is 0 Å². The minimum Gasteiger partial charge on any atom is -0.497 e. The molecule has 3 nitrogen and oxygen atoms in total. The van der Waals surface area contributed by atoms with Gasteiger partial charge in [-0.2, -0.15) is 0 Å². The molecule has 0 bridgehead atoms. The number of hydrogen-bond acceptors (Lipinski definition) is 3. The predicted octanol–water partition coefficient (Wildman–Crippen LogP) is 3.54. The summed E-state index contributed by atoms with van der Waals surface area (Å²) in [4.78, 5) is 0. The molecule has 0 radical (unpaired) electrons. The van der Waals surface area contributed by atoms with Gasteiger partial charge in [0, 0.05) is 23.3 Å². The van der Waals surface area contributed by atoms with Crippen LogP contribution in [0, 0.1) is 5.92 Å². The van der Waals surface area contributed by atoms with Crippen LogP contribution in [0.15, 0.2) is 22.7 Å². The zero-order chi connectivity index (χ0) is 12.8. The topological polar surface area (TPSA) is 30.5 Å². The first-order valence-electron chi connectivity index (χ1n) is 5.67. The lowest BCUT2D eigenvalue weighted by Gasteiger charge is -2.23. The molecule has 0 aliphatic carbocycles. The van der Waals surface area contributed by atoms with Gasteiger partial charge in [-0.1, -0.05) is 29.8 Å². The quantitative estimate of drug-likeness (QED) is 0.872. The molecular formula is C13H20BrNO2. The molecule has 0 saturated heterocycles. The van der Waals surface area contributed by atoms with Crippen LogP contribution < -0.4 is 10.1 Å². The molecule has 0 saturated carbocycles. The lowest BCUT2D eigenvalue weighted by Crippen LogP contribution is -2.30. The molecule has 1 unspecified atom stereocenters. The van der Waals surface area contributed by atoms with E-state index >= 15 is 0 Å². The Labute approximate surface area is 112 Å². The lowest BCUT2D eigenvalue weighted by atomic mass is 10.1. The Bertz CT molecular complexity index is 355. The van der Waals surface area contributed by atoms with Crippen molar-refractivity contribution in [2.75, 3.05) is 26.1 Å². The second-order valence-electron chi connectivity index (χ2n) is 4.33. The first kappa shape index (κ1) is 14.3. The predicted molar refractivity (Wildman–Crippen MR) is 74.8 cm³/mol. The molecule has 4 heteroatoms. The fourth-order valence-electron chi connectivity index (χ4n) is 1.56. The first-order valence-corrected chi connectivity index (χ1v) is 6.46. The van der Waals surface area contributed by atoms with Crippen molar-refractivity contribution in [3.63, 3.8) is 0 Å². The van der Waals surface area contributed by atoms with Crippen LogP contribution in [0.5, 0.6) is 5.75 Å². The zero-order valence-corrected chi connectivity index (χ0v) is 12.4. The summed E-state index contributed by atoms with van der Waals surface area (Å²) in [5.41, 5.74) is 1.03. The zero-order valence-electron chi connectivity index (χ0n) is 10.8. The largest absolute Gasteiger partial charge is 0.497 e. The number of nitrogens with one attached hydrogen (secondary N) is 1. The van der Waals surface area contributed by atoms with E-state index in [0.29, 0.717) is 18.6 Å². The van der Waals surface area contributed by atoms with Gasteiger partial charge >= 0.3 is 0 Å². The smallest absolute Gasteiger partial charge is 0.122 e. The van der Waals surface area contributed by atoms with E-state index in [0.717, 1.165) is 15.9 Å². The maximum absolute atomic E-state index is 5.24. The third kappa shape index (κ3) is 4.56. The van der Waals surface area contributed by atoms with Gasteiger partial charge < -0.3 is 14.8 Å². The van der Waals surface area contributed by atoms with Crippen LogP contribution in [0.2, 0.25) is 0 Å². The van der Waals surface area contributed by atoms with Crippen LogP contribution in [0.1, 0.15) is 13.8 Å². The average Bonchev–Trinajstić information content (AvgIpc) is 2.27. The molecule has 1 aromatic rings. The van der Waals surface area contributed by atoms with Crippen molar-refractivity contribution in [1.29, 1.82) is 0 Å². The van der Waals surface area contributed by atoms with E-state index in [1.807, 2.05) is 18.2 Å². The Kier molecular flexibility index (Phi) is 5.78. The maximum atomic E-state index is 5.24. The van der Waals surface area contributed by atoms with Gasteiger partial charge in [-0.3, -0.25) is 0 Å². The van der Waals surface area contributed by atoms with Gasteiger partial charge in [-0.05, 0) is 18.1 Å². The average molecular weight is 302 g/mol. The van der Waals surface area contributed by atoms with Crippen molar-refractivity contribution in [3.05, 3.63) is 22.7 Å². The molecule has 0 aliphatic rings.